The van der Waals surface area contributed by atoms with Crippen LogP contribution in [0.5, 0.6) is 0 Å². The molecule has 2 saturated heterocycles. The zero-order valence-corrected chi connectivity index (χ0v) is 13.8. The van der Waals surface area contributed by atoms with Crippen LogP contribution in [0.2, 0.25) is 0 Å². The van der Waals surface area contributed by atoms with E-state index in [1.165, 1.54) is 12.8 Å². The second-order valence-corrected chi connectivity index (χ2v) is 7.06. The second-order valence-electron chi connectivity index (χ2n) is 7.06. The van der Waals surface area contributed by atoms with Crippen LogP contribution in [0, 0.1) is 12.8 Å². The number of nitrogens with zero attached hydrogens (tertiary/aromatic N) is 3. The van der Waals surface area contributed by atoms with Gasteiger partial charge in [0, 0.05) is 37.4 Å². The van der Waals surface area contributed by atoms with Crippen molar-refractivity contribution in [2.75, 3.05) is 19.7 Å². The number of likely N-dealkylation sites (tertiary alicyclic amines) is 1. The van der Waals surface area contributed by atoms with E-state index in [0.717, 1.165) is 31.8 Å². The number of amides is 1. The van der Waals surface area contributed by atoms with E-state index in [1.54, 1.807) is 6.20 Å². The van der Waals surface area contributed by atoms with Gasteiger partial charge in [-0.25, -0.2) is 0 Å². The maximum atomic E-state index is 12.4. The normalized spacial score (nSPS) is 33.4. The maximum absolute atomic E-state index is 12.4. The van der Waals surface area contributed by atoms with Gasteiger partial charge < -0.3 is 10.1 Å². The lowest BCUT2D eigenvalue weighted by molar-refractivity contribution is -0.129. The molecule has 3 fully saturated rings. The first kappa shape index (κ1) is 15.1. The first-order chi connectivity index (χ1) is 11.2. The molecule has 1 aromatic rings. The summed E-state index contributed by atoms with van der Waals surface area (Å²) in [6.07, 6.45) is 6.23. The Bertz CT molecular complexity index is 562. The van der Waals surface area contributed by atoms with Gasteiger partial charge in [-0.1, -0.05) is 0 Å². The van der Waals surface area contributed by atoms with Gasteiger partial charge in [-0.2, -0.15) is 5.10 Å². The van der Waals surface area contributed by atoms with E-state index in [2.05, 4.69) is 15.3 Å². The van der Waals surface area contributed by atoms with Gasteiger partial charge in [0.2, 0.25) is 5.91 Å². The van der Waals surface area contributed by atoms with Crippen LogP contribution >= 0.6 is 0 Å². The minimum absolute atomic E-state index is 0.138. The third-order valence-corrected chi connectivity index (χ3v) is 5.72. The summed E-state index contributed by atoms with van der Waals surface area (Å²) in [6.45, 7) is 5.81. The number of ether oxygens (including phenoxy) is 1. The molecule has 1 saturated carbocycles. The summed E-state index contributed by atoms with van der Waals surface area (Å²) in [5, 5.41) is 7.54. The van der Waals surface area contributed by atoms with Gasteiger partial charge in [-0.15, -0.1) is 0 Å². The van der Waals surface area contributed by atoms with Gasteiger partial charge in [0.1, 0.15) is 0 Å². The summed E-state index contributed by atoms with van der Waals surface area (Å²) in [5.74, 6) is 0.649. The van der Waals surface area contributed by atoms with E-state index in [9.17, 15) is 4.79 Å². The molecule has 6 nitrogen and oxygen atoms in total. The predicted molar refractivity (Wildman–Crippen MR) is 86.0 cm³/mol. The second kappa shape index (κ2) is 6.24. The van der Waals surface area contributed by atoms with Crippen LogP contribution in [0.15, 0.2) is 12.3 Å². The highest BCUT2D eigenvalue weighted by molar-refractivity contribution is 5.76. The molecule has 4 atom stereocenters. The lowest BCUT2D eigenvalue weighted by Gasteiger charge is -2.51. The van der Waals surface area contributed by atoms with Crippen LogP contribution in [0.4, 0.5) is 0 Å². The Kier molecular flexibility index (Phi) is 4.11. The summed E-state index contributed by atoms with van der Waals surface area (Å²) in [6, 6.07) is 2.63. The lowest BCUT2D eigenvalue weighted by Crippen LogP contribution is -2.70. The molecule has 3 heterocycles. The number of nitrogens with one attached hydrogen (secondary N) is 1. The average molecular weight is 318 g/mol. The minimum atomic E-state index is 0.138. The van der Waals surface area contributed by atoms with E-state index in [0.29, 0.717) is 31.0 Å². The lowest BCUT2D eigenvalue weighted by atomic mass is 9.70. The van der Waals surface area contributed by atoms with Crippen molar-refractivity contribution in [1.82, 2.24) is 20.0 Å². The minimum Gasteiger partial charge on any atom is -0.376 e. The predicted octanol–water partition coefficient (Wildman–Crippen LogP) is 0.950. The van der Waals surface area contributed by atoms with Crippen molar-refractivity contribution < 1.29 is 9.53 Å². The van der Waals surface area contributed by atoms with Crippen molar-refractivity contribution in [3.8, 4) is 0 Å². The molecule has 23 heavy (non-hydrogen) atoms. The molecule has 0 radical (unpaired) electrons. The summed E-state index contributed by atoms with van der Waals surface area (Å²) in [5.41, 5.74) is 1.10. The number of aromatic nitrogens is 2. The van der Waals surface area contributed by atoms with Crippen LogP contribution in [-0.4, -0.2) is 58.5 Å². The van der Waals surface area contributed by atoms with Crippen molar-refractivity contribution in [1.29, 1.82) is 0 Å². The Morgan fingerprint density at radius 1 is 1.43 bits per heavy atom. The van der Waals surface area contributed by atoms with Gasteiger partial charge >= 0.3 is 0 Å². The van der Waals surface area contributed by atoms with Gasteiger partial charge in [0.25, 0.3) is 0 Å². The summed E-state index contributed by atoms with van der Waals surface area (Å²) < 4.78 is 7.80. The molecular weight excluding hydrogens is 292 g/mol. The third-order valence-electron chi connectivity index (χ3n) is 5.72. The summed E-state index contributed by atoms with van der Waals surface area (Å²) in [7, 11) is 0. The molecule has 0 bridgehead atoms. The number of carbonyl (C=O) groups is 1. The van der Waals surface area contributed by atoms with Crippen molar-refractivity contribution >= 4 is 5.91 Å². The molecule has 3 aliphatic rings. The van der Waals surface area contributed by atoms with Crippen LogP contribution in [-0.2, 0) is 16.1 Å². The monoisotopic (exact) mass is 318 g/mol. The Morgan fingerprint density at radius 3 is 3.00 bits per heavy atom. The zero-order valence-electron chi connectivity index (χ0n) is 13.8. The summed E-state index contributed by atoms with van der Waals surface area (Å²) >= 11 is 0. The molecule has 6 heteroatoms. The number of hydrogen-bond donors (Lipinski definition) is 1. The summed E-state index contributed by atoms with van der Waals surface area (Å²) in [4.78, 5) is 14.9. The van der Waals surface area contributed by atoms with Crippen LogP contribution < -0.4 is 5.32 Å². The first-order valence-electron chi connectivity index (χ1n) is 8.87. The van der Waals surface area contributed by atoms with E-state index >= 15 is 0 Å². The Balaban J connectivity index is 1.34. The fraction of sp³-hybridized carbons (Fsp3) is 0.765. The van der Waals surface area contributed by atoms with Crippen LogP contribution in [0.3, 0.4) is 0 Å². The number of carbonyl (C=O) groups excluding carboxylic acids is 1. The van der Waals surface area contributed by atoms with E-state index in [-0.39, 0.29) is 11.9 Å². The van der Waals surface area contributed by atoms with Gasteiger partial charge in [-0.3, -0.25) is 14.4 Å². The third kappa shape index (κ3) is 2.78. The number of fused-ring (bicyclic) bond motifs is 1. The van der Waals surface area contributed by atoms with Crippen molar-refractivity contribution in [2.45, 2.75) is 57.3 Å². The standard InChI is InChI=1S/C17H26N4O2/c1-12-4-7-18-21(12)10-5-14(22)19-15-13-6-11-23-17(13)16(15)20-8-2-3-9-20/h4,7,13,15-17H,2-3,5-6,8-11H2,1H3,(H,19,22)/t13-,15+,16-,17-/m1/s1. The molecule has 0 spiro atoms. The van der Waals surface area contributed by atoms with Crippen LogP contribution in [0.1, 0.15) is 31.4 Å². The first-order valence-corrected chi connectivity index (χ1v) is 8.87. The molecule has 1 N–H and O–H groups in total. The Morgan fingerprint density at radius 2 is 2.26 bits per heavy atom. The highest BCUT2D eigenvalue weighted by Crippen LogP contribution is 2.42. The molecule has 1 amide bonds. The Labute approximate surface area is 137 Å². The zero-order chi connectivity index (χ0) is 15.8. The van der Waals surface area contributed by atoms with E-state index in [4.69, 9.17) is 4.74 Å². The Hall–Kier alpha value is -1.40. The van der Waals surface area contributed by atoms with Crippen molar-refractivity contribution in [2.24, 2.45) is 5.92 Å². The molecule has 1 aliphatic carbocycles. The number of aryl methyl sites for hydroxylation is 2. The highest BCUT2D eigenvalue weighted by Gasteiger charge is 2.56. The van der Waals surface area contributed by atoms with E-state index in [1.807, 2.05) is 17.7 Å². The van der Waals surface area contributed by atoms with E-state index < -0.39 is 0 Å². The maximum Gasteiger partial charge on any atom is 0.222 e. The van der Waals surface area contributed by atoms with Gasteiger partial charge in [0.05, 0.1) is 18.2 Å². The SMILES string of the molecule is Cc1ccnn1CCC(=O)N[C@H]1[C@H]2CCO[C@H]2[C@@H]1N1CCCC1. The quantitative estimate of drug-likeness (QED) is 0.878. The molecule has 4 rings (SSSR count). The van der Waals surface area contributed by atoms with Gasteiger partial charge in [0.15, 0.2) is 0 Å². The molecule has 1 aromatic heterocycles. The highest BCUT2D eigenvalue weighted by atomic mass is 16.5. The van der Waals surface area contributed by atoms with Gasteiger partial charge in [-0.05, 0) is 45.3 Å². The molecular formula is C17H26N4O2. The molecule has 126 valence electrons. The molecule has 2 aliphatic heterocycles. The number of rotatable bonds is 5. The molecule has 0 aromatic carbocycles. The smallest absolute Gasteiger partial charge is 0.222 e. The largest absolute Gasteiger partial charge is 0.376 e. The fourth-order valence-corrected chi connectivity index (χ4v) is 4.44. The number of hydrogen-bond acceptors (Lipinski definition) is 4. The fourth-order valence-electron chi connectivity index (χ4n) is 4.44. The topological polar surface area (TPSA) is 59.4 Å². The van der Waals surface area contributed by atoms with Crippen molar-refractivity contribution in [3.05, 3.63) is 18.0 Å². The van der Waals surface area contributed by atoms with Crippen molar-refractivity contribution in [3.63, 3.8) is 0 Å². The molecule has 0 unspecified atom stereocenters. The average Bonchev–Trinajstić information content (AvgIpc) is 3.25. The van der Waals surface area contributed by atoms with Crippen LogP contribution in [0.25, 0.3) is 0 Å².